The van der Waals surface area contributed by atoms with Gasteiger partial charge in [-0.3, -0.25) is 4.98 Å². The second-order valence-electron chi connectivity index (χ2n) is 2.46. The van der Waals surface area contributed by atoms with E-state index >= 15 is 0 Å². The lowest BCUT2D eigenvalue weighted by atomic mass is 10.2. The van der Waals surface area contributed by atoms with E-state index < -0.39 is 12.5 Å². The highest BCUT2D eigenvalue weighted by Gasteiger charge is 2.44. The van der Waals surface area contributed by atoms with Gasteiger partial charge >= 0.3 is 5.92 Å². The Labute approximate surface area is 72.1 Å². The Morgan fingerprint density at radius 1 is 1.58 bits per heavy atom. The lowest BCUT2D eigenvalue weighted by Gasteiger charge is -2.03. The van der Waals surface area contributed by atoms with Crippen molar-refractivity contribution in [2.24, 2.45) is 0 Å². The van der Waals surface area contributed by atoms with E-state index in [1.54, 1.807) is 0 Å². The molecule has 0 bridgehead atoms. The van der Waals surface area contributed by atoms with Gasteiger partial charge in [-0.05, 0) is 6.07 Å². The molecule has 0 aliphatic carbocycles. The number of nitrogens with zero attached hydrogens (tertiary/aromatic N) is 1. The van der Waals surface area contributed by atoms with Gasteiger partial charge in [0.05, 0.1) is 5.02 Å². The number of hydrogen-bond donors (Lipinski definition) is 0. The van der Waals surface area contributed by atoms with Crippen LogP contribution in [-0.2, 0) is 5.92 Å². The number of halogens is 3. The molecule has 2 heterocycles. The van der Waals surface area contributed by atoms with Crippen LogP contribution in [0.25, 0.3) is 0 Å². The summed E-state index contributed by atoms with van der Waals surface area (Å²) >= 11 is 5.60. The van der Waals surface area contributed by atoms with Gasteiger partial charge in [-0.25, -0.2) is 0 Å². The van der Waals surface area contributed by atoms with Crippen molar-refractivity contribution in [3.8, 4) is 5.75 Å². The van der Waals surface area contributed by atoms with Crippen LogP contribution in [0.1, 0.15) is 5.69 Å². The highest BCUT2D eigenvalue weighted by Crippen LogP contribution is 2.43. The topological polar surface area (TPSA) is 22.1 Å². The van der Waals surface area contributed by atoms with E-state index in [0.29, 0.717) is 0 Å². The minimum absolute atomic E-state index is 0.00386. The second-order valence-corrected chi connectivity index (χ2v) is 2.87. The van der Waals surface area contributed by atoms with E-state index in [-0.39, 0.29) is 16.5 Å². The van der Waals surface area contributed by atoms with Crippen molar-refractivity contribution in [1.82, 2.24) is 4.98 Å². The van der Waals surface area contributed by atoms with Crippen LogP contribution in [0.15, 0.2) is 12.3 Å². The first kappa shape index (κ1) is 7.73. The van der Waals surface area contributed by atoms with E-state index in [0.717, 1.165) is 0 Å². The second kappa shape index (κ2) is 2.29. The Hall–Kier alpha value is -0.900. The third kappa shape index (κ3) is 0.948. The Morgan fingerprint density at radius 2 is 2.33 bits per heavy atom. The number of hydrogen-bond acceptors (Lipinski definition) is 2. The predicted octanol–water partition coefficient (Wildman–Crippen LogP) is 2.22. The van der Waals surface area contributed by atoms with Gasteiger partial charge in [0.2, 0.25) is 0 Å². The number of alkyl halides is 2. The summed E-state index contributed by atoms with van der Waals surface area (Å²) in [6, 6.07) is 1.42. The van der Waals surface area contributed by atoms with Crippen LogP contribution in [0.5, 0.6) is 5.75 Å². The Morgan fingerprint density at radius 3 is 3.00 bits per heavy atom. The monoisotopic (exact) mass is 191 g/mol. The Bertz CT molecular complexity index is 329. The molecule has 5 heteroatoms. The molecular weight excluding hydrogens is 188 g/mol. The third-order valence-electron chi connectivity index (χ3n) is 1.60. The summed E-state index contributed by atoms with van der Waals surface area (Å²) in [5.74, 6) is -3.00. The quantitative estimate of drug-likeness (QED) is 0.627. The lowest BCUT2D eigenvalue weighted by Crippen LogP contribution is -2.15. The number of pyridine rings is 1. The maximum absolute atomic E-state index is 12.9. The summed E-state index contributed by atoms with van der Waals surface area (Å²) in [4.78, 5) is 3.51. The molecular formula is C7H4ClF2NO. The molecule has 0 N–H and O–H groups in total. The molecule has 1 aromatic rings. The lowest BCUT2D eigenvalue weighted by molar-refractivity contribution is -0.0244. The zero-order valence-electron chi connectivity index (χ0n) is 5.85. The molecule has 0 fully saturated rings. The van der Waals surface area contributed by atoms with Gasteiger partial charge in [0.1, 0.15) is 0 Å². The smallest absolute Gasteiger partial charge is 0.326 e. The van der Waals surface area contributed by atoms with Crippen LogP contribution in [-0.4, -0.2) is 11.6 Å². The van der Waals surface area contributed by atoms with E-state index in [9.17, 15) is 8.78 Å². The van der Waals surface area contributed by atoms with Crippen LogP contribution < -0.4 is 4.74 Å². The van der Waals surface area contributed by atoms with Gasteiger partial charge in [-0.1, -0.05) is 11.6 Å². The van der Waals surface area contributed by atoms with E-state index in [4.69, 9.17) is 16.3 Å². The number of ether oxygens (including phenoxy) is 1. The van der Waals surface area contributed by atoms with Gasteiger partial charge in [0, 0.05) is 6.20 Å². The first-order valence-electron chi connectivity index (χ1n) is 3.27. The summed E-state index contributed by atoms with van der Waals surface area (Å²) in [7, 11) is 0. The Kier molecular flexibility index (Phi) is 1.48. The molecule has 0 saturated carbocycles. The molecule has 2 nitrogen and oxygen atoms in total. The highest BCUT2D eigenvalue weighted by atomic mass is 35.5. The standard InChI is InChI=1S/C7H4ClF2NO/c8-4-1-2-11-6-5(4)12-3-7(6,9)10/h1-2H,3H2. The maximum Gasteiger partial charge on any atom is 0.326 e. The molecule has 0 aromatic carbocycles. The summed E-state index contributed by atoms with van der Waals surface area (Å²) in [5.41, 5.74) is -0.366. The largest absolute Gasteiger partial charge is 0.483 e. The molecule has 64 valence electrons. The van der Waals surface area contributed by atoms with Crippen LogP contribution in [0.3, 0.4) is 0 Å². The average Bonchev–Trinajstić information content (AvgIpc) is 2.30. The Balaban J connectivity index is 2.61. The van der Waals surface area contributed by atoms with E-state index in [2.05, 4.69) is 4.98 Å². The normalized spacial score (nSPS) is 18.6. The summed E-state index contributed by atoms with van der Waals surface area (Å²) < 4.78 is 30.4. The van der Waals surface area contributed by atoms with E-state index in [1.165, 1.54) is 12.3 Å². The van der Waals surface area contributed by atoms with Crippen molar-refractivity contribution in [2.45, 2.75) is 5.92 Å². The van der Waals surface area contributed by atoms with Crippen molar-refractivity contribution in [1.29, 1.82) is 0 Å². The zero-order valence-corrected chi connectivity index (χ0v) is 6.61. The maximum atomic E-state index is 12.9. The highest BCUT2D eigenvalue weighted by molar-refractivity contribution is 6.32. The van der Waals surface area contributed by atoms with Crippen LogP contribution in [0.4, 0.5) is 8.78 Å². The van der Waals surface area contributed by atoms with Gasteiger partial charge in [-0.15, -0.1) is 0 Å². The molecule has 0 spiro atoms. The molecule has 0 unspecified atom stereocenters. The average molecular weight is 192 g/mol. The summed E-state index contributed by atoms with van der Waals surface area (Å²) in [6.07, 6.45) is 1.24. The van der Waals surface area contributed by atoms with Gasteiger partial charge in [0.25, 0.3) is 0 Å². The van der Waals surface area contributed by atoms with Crippen molar-refractivity contribution >= 4 is 11.6 Å². The van der Waals surface area contributed by atoms with Gasteiger partial charge < -0.3 is 4.74 Å². The van der Waals surface area contributed by atoms with Crippen molar-refractivity contribution in [3.05, 3.63) is 23.0 Å². The SMILES string of the molecule is FC1(F)COc2c(Cl)ccnc21. The molecule has 1 aliphatic heterocycles. The molecule has 0 saturated heterocycles. The molecule has 2 rings (SSSR count). The molecule has 1 aliphatic rings. The van der Waals surface area contributed by atoms with Crippen molar-refractivity contribution < 1.29 is 13.5 Å². The van der Waals surface area contributed by atoms with Gasteiger partial charge in [-0.2, -0.15) is 8.78 Å². The van der Waals surface area contributed by atoms with Crippen LogP contribution in [0.2, 0.25) is 5.02 Å². The van der Waals surface area contributed by atoms with Crippen molar-refractivity contribution in [2.75, 3.05) is 6.61 Å². The third-order valence-corrected chi connectivity index (χ3v) is 1.90. The first-order chi connectivity index (χ1) is 5.61. The van der Waals surface area contributed by atoms with Crippen LogP contribution >= 0.6 is 11.6 Å². The van der Waals surface area contributed by atoms with Crippen molar-refractivity contribution in [3.63, 3.8) is 0 Å². The van der Waals surface area contributed by atoms with Gasteiger partial charge in [0.15, 0.2) is 18.1 Å². The zero-order chi connectivity index (χ0) is 8.77. The molecule has 0 amide bonds. The molecule has 1 aromatic heterocycles. The minimum Gasteiger partial charge on any atom is -0.483 e. The molecule has 0 atom stereocenters. The van der Waals surface area contributed by atoms with E-state index in [1.807, 2.05) is 0 Å². The molecule has 0 radical (unpaired) electrons. The predicted molar refractivity (Wildman–Crippen MR) is 38.6 cm³/mol. The first-order valence-corrected chi connectivity index (χ1v) is 3.65. The fourth-order valence-corrected chi connectivity index (χ4v) is 1.25. The fourth-order valence-electron chi connectivity index (χ4n) is 1.05. The number of rotatable bonds is 0. The van der Waals surface area contributed by atoms with Crippen LogP contribution in [0, 0.1) is 0 Å². The summed E-state index contributed by atoms with van der Waals surface area (Å²) in [6.45, 7) is -0.668. The fraction of sp³-hybridized carbons (Fsp3) is 0.286. The number of aromatic nitrogens is 1. The number of fused-ring (bicyclic) bond motifs is 1. The molecule has 12 heavy (non-hydrogen) atoms. The summed E-state index contributed by atoms with van der Waals surface area (Å²) in [5, 5.41) is 0.178. The minimum atomic E-state index is -3.00.